The summed E-state index contributed by atoms with van der Waals surface area (Å²) in [4.78, 5) is 4.74. The van der Waals surface area contributed by atoms with Gasteiger partial charge in [-0.3, -0.25) is 0 Å². The van der Waals surface area contributed by atoms with Gasteiger partial charge in [0.2, 0.25) is 0 Å². The first kappa shape index (κ1) is 37.8. The van der Waals surface area contributed by atoms with E-state index in [1.165, 1.54) is 55.6 Å². The monoisotopic (exact) mass is 804 g/mol. The minimum atomic E-state index is -0.587. The van der Waals surface area contributed by atoms with Crippen LogP contribution in [0, 0.1) is 0 Å². The Balaban J connectivity index is 1.07. The molecule has 0 saturated carbocycles. The first-order valence-electron chi connectivity index (χ1n) is 21.7. The zero-order valence-corrected chi connectivity index (χ0v) is 34.8. The molecular weight excluding hydrogens is 761 g/mol. The normalized spacial score (nSPS) is 13.8. The Labute approximate surface area is 370 Å². The predicted octanol–water partition coefficient (Wildman–Crippen LogP) is 16.3. The van der Waals surface area contributed by atoms with Gasteiger partial charge >= 0.3 is 0 Å². The van der Waals surface area contributed by atoms with Crippen LogP contribution in [0.15, 0.2) is 267 Å². The van der Waals surface area contributed by atoms with Gasteiger partial charge in [0.05, 0.1) is 5.41 Å². The van der Waals surface area contributed by atoms with Crippen LogP contribution in [0.1, 0.15) is 22.3 Å². The lowest BCUT2D eigenvalue weighted by Crippen LogP contribution is -2.29. The molecule has 0 amide bonds. The van der Waals surface area contributed by atoms with Crippen LogP contribution in [0.2, 0.25) is 0 Å². The van der Waals surface area contributed by atoms with Crippen LogP contribution in [0.3, 0.4) is 0 Å². The molecule has 0 bridgehead atoms. The smallest absolute Gasteiger partial charge is 0.0714 e. The molecule has 0 spiro atoms. The summed E-state index contributed by atoms with van der Waals surface area (Å²) >= 11 is 0. The van der Waals surface area contributed by atoms with E-state index < -0.39 is 5.41 Å². The van der Waals surface area contributed by atoms with Crippen LogP contribution in [0.25, 0.3) is 33.4 Å². The lowest BCUT2D eigenvalue weighted by atomic mass is 9.67. The van der Waals surface area contributed by atoms with E-state index in [-0.39, 0.29) is 0 Å². The Morgan fingerprint density at radius 2 is 0.556 bits per heavy atom. The number of rotatable bonds is 10. The summed E-state index contributed by atoms with van der Waals surface area (Å²) in [7, 11) is 0. The van der Waals surface area contributed by atoms with Gasteiger partial charge in [-0.05, 0) is 128 Å². The number of anilines is 6. The molecule has 0 N–H and O–H groups in total. The van der Waals surface area contributed by atoms with Gasteiger partial charge in [-0.15, -0.1) is 0 Å². The average molecular weight is 805 g/mol. The maximum absolute atomic E-state index is 2.44. The standard InChI is InChI=1S/C61H44N2/c1-6-18-45(19-7-1)47-30-36-53(37-31-47)62(51-24-12-4-13-25-51)55-40-34-50(35-41-55)61(49-22-10-3-11-23-49)59-29-17-16-28-57(59)58-43-42-56(44-60(58)61)63(52-26-14-5-15-27-52)54-38-32-48(33-39-54)46-20-8-2-9-21-46/h1-44H. The van der Waals surface area contributed by atoms with Crippen molar-refractivity contribution in [3.63, 3.8) is 0 Å². The maximum atomic E-state index is 2.44. The zero-order chi connectivity index (χ0) is 42.0. The minimum absolute atomic E-state index is 0.587. The fourth-order valence-corrected chi connectivity index (χ4v) is 9.66. The number of hydrogen-bond donors (Lipinski definition) is 0. The first-order chi connectivity index (χ1) is 31.3. The van der Waals surface area contributed by atoms with Crippen LogP contribution in [0.5, 0.6) is 0 Å². The molecule has 0 fully saturated rings. The van der Waals surface area contributed by atoms with Crippen molar-refractivity contribution < 1.29 is 0 Å². The second-order valence-corrected chi connectivity index (χ2v) is 16.1. The van der Waals surface area contributed by atoms with Crippen molar-refractivity contribution in [3.8, 4) is 33.4 Å². The molecule has 298 valence electrons. The molecule has 1 aliphatic rings. The summed E-state index contributed by atoms with van der Waals surface area (Å²) in [5.41, 5.74) is 18.3. The van der Waals surface area contributed by atoms with Crippen molar-refractivity contribution in [1.29, 1.82) is 0 Å². The Kier molecular flexibility index (Phi) is 9.80. The van der Waals surface area contributed by atoms with Crippen molar-refractivity contribution in [2.75, 3.05) is 9.80 Å². The molecule has 11 rings (SSSR count). The van der Waals surface area contributed by atoms with Crippen molar-refractivity contribution >= 4 is 34.1 Å². The summed E-state index contributed by atoms with van der Waals surface area (Å²) in [6, 6.07) is 96.9. The number of hydrogen-bond acceptors (Lipinski definition) is 2. The topological polar surface area (TPSA) is 6.48 Å². The SMILES string of the molecule is c1ccc(-c2ccc(N(c3ccccc3)c3ccc(C4(c5ccccc5)c5ccccc5-c5ccc(N(c6ccccc6)c6ccc(-c7ccccc7)cc6)cc54)cc3)cc2)cc1. The molecule has 10 aromatic rings. The summed E-state index contributed by atoms with van der Waals surface area (Å²) in [5, 5.41) is 0. The van der Waals surface area contributed by atoms with E-state index in [2.05, 4.69) is 277 Å². The van der Waals surface area contributed by atoms with Gasteiger partial charge in [-0.2, -0.15) is 0 Å². The third-order valence-corrected chi connectivity index (χ3v) is 12.5. The van der Waals surface area contributed by atoms with Gasteiger partial charge in [0.15, 0.2) is 0 Å². The molecule has 2 heteroatoms. The minimum Gasteiger partial charge on any atom is -0.311 e. The molecule has 63 heavy (non-hydrogen) atoms. The summed E-state index contributed by atoms with van der Waals surface area (Å²) in [6.07, 6.45) is 0. The van der Waals surface area contributed by atoms with E-state index in [0.717, 1.165) is 34.1 Å². The van der Waals surface area contributed by atoms with Gasteiger partial charge in [0.25, 0.3) is 0 Å². The quantitative estimate of drug-likeness (QED) is 0.136. The number of nitrogens with zero attached hydrogens (tertiary/aromatic N) is 2. The second-order valence-electron chi connectivity index (χ2n) is 16.1. The molecule has 0 saturated heterocycles. The number of fused-ring (bicyclic) bond motifs is 3. The highest BCUT2D eigenvalue weighted by atomic mass is 15.1. The highest BCUT2D eigenvalue weighted by Gasteiger charge is 2.46. The highest BCUT2D eigenvalue weighted by molar-refractivity contribution is 5.90. The van der Waals surface area contributed by atoms with E-state index in [0.29, 0.717) is 0 Å². The van der Waals surface area contributed by atoms with E-state index in [1.807, 2.05) is 0 Å². The molecular formula is C61H44N2. The fourth-order valence-electron chi connectivity index (χ4n) is 9.66. The van der Waals surface area contributed by atoms with E-state index >= 15 is 0 Å². The number of benzene rings is 10. The van der Waals surface area contributed by atoms with Crippen LogP contribution >= 0.6 is 0 Å². The first-order valence-corrected chi connectivity index (χ1v) is 21.7. The lowest BCUT2D eigenvalue weighted by molar-refractivity contribution is 0.768. The van der Waals surface area contributed by atoms with Crippen molar-refractivity contribution in [2.24, 2.45) is 0 Å². The van der Waals surface area contributed by atoms with Gasteiger partial charge < -0.3 is 9.80 Å². The lowest BCUT2D eigenvalue weighted by Gasteiger charge is -2.35. The second kappa shape index (κ2) is 16.3. The Morgan fingerprint density at radius 1 is 0.222 bits per heavy atom. The van der Waals surface area contributed by atoms with Gasteiger partial charge in [0, 0.05) is 34.1 Å². The largest absolute Gasteiger partial charge is 0.311 e. The summed E-state index contributed by atoms with van der Waals surface area (Å²) in [5.74, 6) is 0. The molecule has 0 aliphatic heterocycles. The van der Waals surface area contributed by atoms with Crippen LogP contribution in [0.4, 0.5) is 34.1 Å². The van der Waals surface area contributed by atoms with Crippen LogP contribution < -0.4 is 9.80 Å². The van der Waals surface area contributed by atoms with Gasteiger partial charge in [0.1, 0.15) is 0 Å². The molecule has 1 atom stereocenters. The van der Waals surface area contributed by atoms with E-state index in [9.17, 15) is 0 Å². The van der Waals surface area contributed by atoms with Crippen molar-refractivity contribution in [1.82, 2.24) is 0 Å². The summed E-state index contributed by atoms with van der Waals surface area (Å²) in [6.45, 7) is 0. The van der Waals surface area contributed by atoms with Crippen LogP contribution in [-0.4, -0.2) is 0 Å². The third kappa shape index (κ3) is 6.79. The van der Waals surface area contributed by atoms with Gasteiger partial charge in [-0.25, -0.2) is 0 Å². The Bertz CT molecular complexity index is 3110. The Hall–Kier alpha value is -8.20. The zero-order valence-electron chi connectivity index (χ0n) is 34.8. The van der Waals surface area contributed by atoms with Crippen LogP contribution in [-0.2, 0) is 5.41 Å². The predicted molar refractivity (Wildman–Crippen MR) is 264 cm³/mol. The van der Waals surface area contributed by atoms with Crippen molar-refractivity contribution in [2.45, 2.75) is 5.41 Å². The van der Waals surface area contributed by atoms with E-state index in [4.69, 9.17) is 0 Å². The number of para-hydroxylation sites is 2. The van der Waals surface area contributed by atoms with Gasteiger partial charge in [-0.1, -0.05) is 194 Å². The molecule has 0 radical (unpaired) electrons. The molecule has 1 unspecified atom stereocenters. The maximum Gasteiger partial charge on any atom is 0.0714 e. The third-order valence-electron chi connectivity index (χ3n) is 12.5. The molecule has 0 aromatic heterocycles. The highest BCUT2D eigenvalue weighted by Crippen LogP contribution is 2.57. The fraction of sp³-hybridized carbons (Fsp3) is 0.0164. The Morgan fingerprint density at radius 3 is 1.06 bits per heavy atom. The molecule has 1 aliphatic carbocycles. The molecule has 10 aromatic carbocycles. The average Bonchev–Trinajstić information content (AvgIpc) is 3.67. The summed E-state index contributed by atoms with van der Waals surface area (Å²) < 4.78 is 0. The van der Waals surface area contributed by atoms with E-state index in [1.54, 1.807) is 0 Å². The molecule has 2 nitrogen and oxygen atoms in total. The van der Waals surface area contributed by atoms with Crippen molar-refractivity contribution in [3.05, 3.63) is 289 Å². The molecule has 0 heterocycles.